The predicted molar refractivity (Wildman–Crippen MR) is 109 cm³/mol. The molecule has 1 aromatic rings. The van der Waals surface area contributed by atoms with Gasteiger partial charge in [-0.15, -0.1) is 0 Å². The molecule has 0 radical (unpaired) electrons. The maximum absolute atomic E-state index is 12.4. The van der Waals surface area contributed by atoms with Crippen LogP contribution in [0.3, 0.4) is 0 Å². The Morgan fingerprint density at radius 3 is 2.46 bits per heavy atom. The Hall–Kier alpha value is -1.34. The van der Waals surface area contributed by atoms with Gasteiger partial charge < -0.3 is 4.90 Å². The Morgan fingerprint density at radius 1 is 1.23 bits per heavy atom. The third-order valence-corrected chi connectivity index (χ3v) is 8.35. The number of hydrogen-bond donors (Lipinski definition) is 0. The summed E-state index contributed by atoms with van der Waals surface area (Å²) in [6.07, 6.45) is 0.741. The molecule has 0 bridgehead atoms. The number of aliphatic imine (C=N–C) groups is 1. The fraction of sp³-hybridized carbons (Fsp3) is 0.579. The standard InChI is InChI=1S/C19H26N2O3S2/c1-5-13(4)18(22)20-19-21(15-8-6-14(7-9-15)12(2)3)16-10-26(23,24)11-17(16)25-19/h6-9,12-13,16-17H,5,10-11H2,1-4H3/t13-,16+,17+/m1/s1. The van der Waals surface area contributed by atoms with Gasteiger partial charge >= 0.3 is 0 Å². The first-order chi connectivity index (χ1) is 12.2. The Balaban J connectivity index is 1.97. The van der Waals surface area contributed by atoms with Crippen LogP contribution in [0.5, 0.6) is 0 Å². The summed E-state index contributed by atoms with van der Waals surface area (Å²) in [5.74, 6) is 0.433. The Bertz CT molecular complexity index is 816. The summed E-state index contributed by atoms with van der Waals surface area (Å²) in [7, 11) is -3.04. The zero-order chi connectivity index (χ0) is 19.1. The van der Waals surface area contributed by atoms with E-state index in [2.05, 4.69) is 31.0 Å². The van der Waals surface area contributed by atoms with Crippen molar-refractivity contribution in [2.75, 3.05) is 16.4 Å². The van der Waals surface area contributed by atoms with Crippen molar-refractivity contribution in [1.29, 1.82) is 0 Å². The van der Waals surface area contributed by atoms with Crippen LogP contribution in [0.15, 0.2) is 29.3 Å². The Kier molecular flexibility index (Phi) is 5.49. The highest BCUT2D eigenvalue weighted by atomic mass is 32.2. The van der Waals surface area contributed by atoms with Crippen LogP contribution in [0.4, 0.5) is 5.69 Å². The molecule has 3 atom stereocenters. The van der Waals surface area contributed by atoms with Gasteiger partial charge in [0.2, 0.25) is 0 Å². The van der Waals surface area contributed by atoms with E-state index in [9.17, 15) is 13.2 Å². The lowest BCUT2D eigenvalue weighted by molar-refractivity contribution is -0.121. The van der Waals surface area contributed by atoms with Crippen molar-refractivity contribution >= 4 is 38.4 Å². The number of hydrogen-bond acceptors (Lipinski definition) is 4. The first-order valence-corrected chi connectivity index (χ1v) is 11.8. The molecule has 0 saturated carbocycles. The molecule has 2 aliphatic heterocycles. The van der Waals surface area contributed by atoms with E-state index in [1.807, 2.05) is 30.9 Å². The van der Waals surface area contributed by atoms with Gasteiger partial charge in [-0.05, 0) is 30.0 Å². The van der Waals surface area contributed by atoms with Gasteiger partial charge in [0.1, 0.15) is 0 Å². The van der Waals surface area contributed by atoms with Gasteiger partial charge in [0.25, 0.3) is 5.91 Å². The minimum atomic E-state index is -3.04. The predicted octanol–water partition coefficient (Wildman–Crippen LogP) is 3.46. The fourth-order valence-electron chi connectivity index (χ4n) is 3.27. The van der Waals surface area contributed by atoms with Crippen LogP contribution in [0.2, 0.25) is 0 Å². The van der Waals surface area contributed by atoms with Crippen LogP contribution in [0.25, 0.3) is 0 Å². The lowest BCUT2D eigenvalue weighted by Crippen LogP contribution is -2.37. The van der Waals surface area contributed by atoms with E-state index < -0.39 is 9.84 Å². The van der Waals surface area contributed by atoms with E-state index in [-0.39, 0.29) is 34.6 Å². The van der Waals surface area contributed by atoms with Crippen molar-refractivity contribution in [3.63, 3.8) is 0 Å². The van der Waals surface area contributed by atoms with Crippen LogP contribution in [-0.2, 0) is 14.6 Å². The summed E-state index contributed by atoms with van der Waals surface area (Å²) < 4.78 is 24.2. The number of carbonyl (C=O) groups is 1. The molecule has 5 nitrogen and oxygen atoms in total. The molecule has 0 aliphatic carbocycles. The lowest BCUT2D eigenvalue weighted by Gasteiger charge is -2.25. The molecule has 26 heavy (non-hydrogen) atoms. The van der Waals surface area contributed by atoms with Crippen molar-refractivity contribution in [2.24, 2.45) is 10.9 Å². The molecule has 2 saturated heterocycles. The number of amidine groups is 1. The summed E-state index contributed by atoms with van der Waals surface area (Å²) in [6.45, 7) is 8.11. The first-order valence-electron chi connectivity index (χ1n) is 9.10. The van der Waals surface area contributed by atoms with Gasteiger partial charge in [0.15, 0.2) is 15.0 Å². The smallest absolute Gasteiger partial charge is 0.250 e. The third-order valence-electron chi connectivity index (χ3n) is 5.14. The molecule has 0 aromatic heterocycles. The highest BCUT2D eigenvalue weighted by molar-refractivity contribution is 8.16. The second-order valence-electron chi connectivity index (χ2n) is 7.46. The molecule has 1 amide bonds. The molecule has 1 aromatic carbocycles. The van der Waals surface area contributed by atoms with Gasteiger partial charge in [-0.25, -0.2) is 8.42 Å². The molecular formula is C19H26N2O3S2. The minimum absolute atomic E-state index is 0.0618. The number of thioether (sulfide) groups is 1. The SMILES string of the molecule is CC[C@@H](C)C(=O)N=C1S[C@H]2CS(=O)(=O)C[C@@H]2N1c1ccc(C(C)C)cc1. The molecule has 2 fully saturated rings. The first kappa shape index (κ1) is 19.4. The third kappa shape index (κ3) is 3.83. The average Bonchev–Trinajstić information content (AvgIpc) is 3.04. The monoisotopic (exact) mass is 394 g/mol. The molecular weight excluding hydrogens is 368 g/mol. The number of rotatable bonds is 4. The molecule has 7 heteroatoms. The number of amides is 1. The summed E-state index contributed by atoms with van der Waals surface area (Å²) in [6, 6.07) is 7.99. The molecule has 2 aliphatic rings. The highest BCUT2D eigenvalue weighted by Crippen LogP contribution is 2.41. The molecule has 2 heterocycles. The van der Waals surface area contributed by atoms with E-state index in [1.165, 1.54) is 17.3 Å². The van der Waals surface area contributed by atoms with Gasteiger partial charge in [-0.3, -0.25) is 4.79 Å². The number of fused-ring (bicyclic) bond motifs is 1. The number of carbonyl (C=O) groups excluding carboxylic acids is 1. The van der Waals surface area contributed by atoms with E-state index in [4.69, 9.17) is 0 Å². The maximum atomic E-state index is 12.4. The lowest BCUT2D eigenvalue weighted by atomic mass is 10.0. The van der Waals surface area contributed by atoms with Crippen LogP contribution >= 0.6 is 11.8 Å². The van der Waals surface area contributed by atoms with Crippen molar-refractivity contribution in [3.8, 4) is 0 Å². The number of nitrogens with zero attached hydrogens (tertiary/aromatic N) is 2. The molecule has 0 N–H and O–H groups in total. The van der Waals surface area contributed by atoms with Crippen LogP contribution < -0.4 is 4.90 Å². The van der Waals surface area contributed by atoms with E-state index >= 15 is 0 Å². The normalized spacial score (nSPS) is 27.1. The average molecular weight is 395 g/mol. The van der Waals surface area contributed by atoms with Crippen molar-refractivity contribution in [2.45, 2.75) is 51.3 Å². The molecule has 3 rings (SSSR count). The summed E-state index contributed by atoms with van der Waals surface area (Å²) in [5, 5.41) is 0.575. The number of benzene rings is 1. The van der Waals surface area contributed by atoms with Gasteiger partial charge in [0, 0.05) is 16.9 Å². The van der Waals surface area contributed by atoms with Crippen LogP contribution in [-0.4, -0.2) is 42.3 Å². The van der Waals surface area contributed by atoms with E-state index in [0.717, 1.165) is 12.1 Å². The maximum Gasteiger partial charge on any atom is 0.250 e. The van der Waals surface area contributed by atoms with Gasteiger partial charge in [-0.2, -0.15) is 4.99 Å². The van der Waals surface area contributed by atoms with Crippen LogP contribution in [0.1, 0.15) is 45.6 Å². The zero-order valence-corrected chi connectivity index (χ0v) is 17.3. The second-order valence-corrected chi connectivity index (χ2v) is 10.8. The van der Waals surface area contributed by atoms with Gasteiger partial charge in [0.05, 0.1) is 17.5 Å². The van der Waals surface area contributed by atoms with Crippen LogP contribution in [0, 0.1) is 5.92 Å². The Labute approximate surface area is 160 Å². The van der Waals surface area contributed by atoms with Crippen molar-refractivity contribution < 1.29 is 13.2 Å². The summed E-state index contributed by atoms with van der Waals surface area (Å²) >= 11 is 1.43. The number of sulfone groups is 1. The van der Waals surface area contributed by atoms with E-state index in [0.29, 0.717) is 11.1 Å². The quantitative estimate of drug-likeness (QED) is 0.782. The zero-order valence-electron chi connectivity index (χ0n) is 15.7. The summed E-state index contributed by atoms with van der Waals surface area (Å²) in [4.78, 5) is 18.7. The van der Waals surface area contributed by atoms with Crippen molar-refractivity contribution in [3.05, 3.63) is 29.8 Å². The topological polar surface area (TPSA) is 66.8 Å². The summed E-state index contributed by atoms with van der Waals surface area (Å²) in [5.41, 5.74) is 2.13. The number of anilines is 1. The molecule has 142 valence electrons. The fourth-order valence-corrected chi connectivity index (χ4v) is 7.18. The van der Waals surface area contributed by atoms with Gasteiger partial charge in [-0.1, -0.05) is 51.6 Å². The van der Waals surface area contributed by atoms with Crippen molar-refractivity contribution in [1.82, 2.24) is 0 Å². The molecule has 0 spiro atoms. The van der Waals surface area contributed by atoms with E-state index in [1.54, 1.807) is 0 Å². The largest absolute Gasteiger partial charge is 0.316 e. The highest BCUT2D eigenvalue weighted by Gasteiger charge is 2.49. The Morgan fingerprint density at radius 2 is 1.88 bits per heavy atom. The minimum Gasteiger partial charge on any atom is -0.316 e. The molecule has 0 unspecified atom stereocenters. The second kappa shape index (κ2) is 7.35.